The van der Waals surface area contributed by atoms with Crippen LogP contribution >= 0.6 is 0 Å². The predicted octanol–water partition coefficient (Wildman–Crippen LogP) is 2.63. The Bertz CT molecular complexity index is 852. The fourth-order valence-corrected chi connectivity index (χ4v) is 4.31. The number of aromatic nitrogens is 1. The van der Waals surface area contributed by atoms with E-state index in [2.05, 4.69) is 10.3 Å². The van der Waals surface area contributed by atoms with Gasteiger partial charge in [-0.15, -0.1) is 0 Å². The number of sulfonamides is 1. The highest BCUT2D eigenvalue weighted by molar-refractivity contribution is 7.89. The Morgan fingerprint density at radius 2 is 2.00 bits per heavy atom. The first-order valence-electron chi connectivity index (χ1n) is 8.02. The van der Waals surface area contributed by atoms with Crippen molar-refractivity contribution < 1.29 is 17.5 Å². The lowest BCUT2D eigenvalue weighted by Gasteiger charge is -2.16. The molecule has 1 aliphatic rings. The van der Waals surface area contributed by atoms with Crippen LogP contribution in [0.3, 0.4) is 0 Å². The van der Waals surface area contributed by atoms with Gasteiger partial charge in [-0.05, 0) is 36.6 Å². The SMILES string of the molecule is COc1cc(F)cc(CNc2cc(S(=O)(=O)N3CCCC3)ccn2)c1. The quantitative estimate of drug-likeness (QED) is 0.852. The van der Waals surface area contributed by atoms with Crippen molar-refractivity contribution in [1.82, 2.24) is 9.29 Å². The summed E-state index contributed by atoms with van der Waals surface area (Å²) in [5.41, 5.74) is 0.673. The number of pyridine rings is 1. The van der Waals surface area contributed by atoms with Crippen molar-refractivity contribution in [2.45, 2.75) is 24.3 Å². The molecule has 1 fully saturated rings. The molecule has 3 rings (SSSR count). The van der Waals surface area contributed by atoms with Crippen molar-refractivity contribution in [3.8, 4) is 5.75 Å². The summed E-state index contributed by atoms with van der Waals surface area (Å²) >= 11 is 0. The summed E-state index contributed by atoms with van der Waals surface area (Å²) in [4.78, 5) is 4.35. The van der Waals surface area contributed by atoms with Gasteiger partial charge < -0.3 is 10.1 Å². The molecule has 8 heteroatoms. The topological polar surface area (TPSA) is 71.5 Å². The maximum absolute atomic E-state index is 13.5. The van der Waals surface area contributed by atoms with Crippen LogP contribution in [0.1, 0.15) is 18.4 Å². The van der Waals surface area contributed by atoms with Crippen LogP contribution in [0.15, 0.2) is 41.4 Å². The van der Waals surface area contributed by atoms with Gasteiger partial charge in [-0.3, -0.25) is 0 Å². The van der Waals surface area contributed by atoms with Gasteiger partial charge in [-0.2, -0.15) is 4.31 Å². The minimum Gasteiger partial charge on any atom is -0.497 e. The molecule has 0 amide bonds. The zero-order valence-corrected chi connectivity index (χ0v) is 14.7. The largest absolute Gasteiger partial charge is 0.497 e. The van der Waals surface area contributed by atoms with Gasteiger partial charge in [0.05, 0.1) is 12.0 Å². The Labute approximate surface area is 146 Å². The second-order valence-electron chi connectivity index (χ2n) is 5.84. The average Bonchev–Trinajstić information content (AvgIpc) is 3.15. The molecule has 1 aromatic heterocycles. The smallest absolute Gasteiger partial charge is 0.243 e. The molecule has 134 valence electrons. The number of halogens is 1. The molecular formula is C17H20FN3O3S. The number of anilines is 1. The maximum Gasteiger partial charge on any atom is 0.243 e. The Kier molecular flexibility index (Phi) is 5.19. The Morgan fingerprint density at radius 3 is 2.72 bits per heavy atom. The minimum atomic E-state index is -3.49. The molecule has 0 radical (unpaired) electrons. The number of nitrogens with one attached hydrogen (secondary N) is 1. The molecule has 2 heterocycles. The summed E-state index contributed by atoms with van der Waals surface area (Å²) in [5.74, 6) is 0.452. The summed E-state index contributed by atoms with van der Waals surface area (Å²) < 4.78 is 45.2. The number of nitrogens with zero attached hydrogens (tertiary/aromatic N) is 2. The minimum absolute atomic E-state index is 0.212. The molecular weight excluding hydrogens is 345 g/mol. The van der Waals surface area contributed by atoms with Crippen LogP contribution in [-0.4, -0.2) is 37.9 Å². The summed E-state index contributed by atoms with van der Waals surface area (Å²) in [7, 11) is -2.02. The summed E-state index contributed by atoms with van der Waals surface area (Å²) in [6.07, 6.45) is 3.23. The number of ether oxygens (including phenoxy) is 1. The van der Waals surface area contributed by atoms with E-state index in [1.807, 2.05) is 0 Å². The molecule has 0 unspecified atom stereocenters. The highest BCUT2D eigenvalue weighted by Gasteiger charge is 2.27. The normalized spacial score (nSPS) is 15.3. The molecule has 0 bridgehead atoms. The van der Waals surface area contributed by atoms with Crippen molar-refractivity contribution >= 4 is 15.8 Å². The van der Waals surface area contributed by atoms with Gasteiger partial charge in [0.1, 0.15) is 17.4 Å². The standard InChI is InChI=1S/C17H20FN3O3S/c1-24-15-9-13(8-14(18)10-15)12-20-17-11-16(4-5-19-17)25(22,23)21-6-2-3-7-21/h4-5,8-11H,2-3,6-7,12H2,1H3,(H,19,20). The van der Waals surface area contributed by atoms with Crippen LogP contribution in [0.4, 0.5) is 10.2 Å². The molecule has 6 nitrogen and oxygen atoms in total. The van der Waals surface area contributed by atoms with E-state index in [0.29, 0.717) is 36.8 Å². The van der Waals surface area contributed by atoms with Crippen LogP contribution in [-0.2, 0) is 16.6 Å². The van der Waals surface area contributed by atoms with E-state index >= 15 is 0 Å². The zero-order chi connectivity index (χ0) is 17.9. The second kappa shape index (κ2) is 7.37. The fraction of sp³-hybridized carbons (Fsp3) is 0.353. The van der Waals surface area contributed by atoms with Crippen LogP contribution in [0.5, 0.6) is 5.75 Å². The molecule has 0 spiro atoms. The van der Waals surface area contributed by atoms with Gasteiger partial charge in [0.15, 0.2) is 0 Å². The molecule has 0 aliphatic carbocycles. The second-order valence-corrected chi connectivity index (χ2v) is 7.78. The summed E-state index contributed by atoms with van der Waals surface area (Å²) in [6.45, 7) is 1.40. The van der Waals surface area contributed by atoms with Crippen LogP contribution in [0, 0.1) is 5.82 Å². The Hall–Kier alpha value is -2.19. The lowest BCUT2D eigenvalue weighted by molar-refractivity contribution is 0.410. The maximum atomic E-state index is 13.5. The van der Waals surface area contributed by atoms with Crippen molar-refractivity contribution in [2.24, 2.45) is 0 Å². The number of hydrogen-bond donors (Lipinski definition) is 1. The highest BCUT2D eigenvalue weighted by atomic mass is 32.2. The van der Waals surface area contributed by atoms with E-state index in [4.69, 9.17) is 4.74 Å². The predicted molar refractivity (Wildman–Crippen MR) is 92.5 cm³/mol. The number of hydrogen-bond acceptors (Lipinski definition) is 5. The lowest BCUT2D eigenvalue weighted by Crippen LogP contribution is -2.27. The molecule has 1 N–H and O–H groups in total. The number of benzene rings is 1. The van der Waals surface area contributed by atoms with Gasteiger partial charge in [-0.25, -0.2) is 17.8 Å². The summed E-state index contributed by atoms with van der Waals surface area (Å²) in [6, 6.07) is 7.39. The molecule has 1 aliphatic heterocycles. The van der Waals surface area contributed by atoms with Crippen LogP contribution < -0.4 is 10.1 Å². The molecule has 0 saturated carbocycles. The molecule has 1 aromatic carbocycles. The van der Waals surface area contributed by atoms with Crippen molar-refractivity contribution in [3.05, 3.63) is 47.9 Å². The Balaban J connectivity index is 1.75. The average molecular weight is 365 g/mol. The van der Waals surface area contributed by atoms with Gasteiger partial charge in [0.25, 0.3) is 0 Å². The van der Waals surface area contributed by atoms with Crippen molar-refractivity contribution in [1.29, 1.82) is 0 Å². The number of methoxy groups -OCH3 is 1. The first-order chi connectivity index (χ1) is 12.0. The van der Waals surface area contributed by atoms with E-state index in [1.54, 1.807) is 6.07 Å². The van der Waals surface area contributed by atoms with Gasteiger partial charge in [0, 0.05) is 38.0 Å². The molecule has 0 atom stereocenters. The lowest BCUT2D eigenvalue weighted by atomic mass is 10.2. The van der Waals surface area contributed by atoms with Gasteiger partial charge in [-0.1, -0.05) is 0 Å². The van der Waals surface area contributed by atoms with Gasteiger partial charge in [0.2, 0.25) is 10.0 Å². The van der Waals surface area contributed by atoms with Crippen molar-refractivity contribution in [3.63, 3.8) is 0 Å². The third-order valence-electron chi connectivity index (χ3n) is 4.07. The first-order valence-corrected chi connectivity index (χ1v) is 9.46. The third kappa shape index (κ3) is 4.08. The Morgan fingerprint density at radius 1 is 1.24 bits per heavy atom. The van der Waals surface area contributed by atoms with E-state index in [-0.39, 0.29) is 4.90 Å². The number of rotatable bonds is 6. The fourth-order valence-electron chi connectivity index (χ4n) is 2.78. The van der Waals surface area contributed by atoms with Gasteiger partial charge >= 0.3 is 0 Å². The molecule has 2 aromatic rings. The summed E-state index contributed by atoms with van der Waals surface area (Å²) in [5, 5.41) is 3.03. The van der Waals surface area contributed by atoms with E-state index in [1.165, 1.54) is 41.9 Å². The van der Waals surface area contributed by atoms with Crippen molar-refractivity contribution in [2.75, 3.05) is 25.5 Å². The molecule has 1 saturated heterocycles. The van der Waals surface area contributed by atoms with Crippen LogP contribution in [0.2, 0.25) is 0 Å². The zero-order valence-electron chi connectivity index (χ0n) is 13.9. The van der Waals surface area contributed by atoms with E-state index < -0.39 is 15.8 Å². The third-order valence-corrected chi connectivity index (χ3v) is 5.97. The highest BCUT2D eigenvalue weighted by Crippen LogP contribution is 2.22. The first kappa shape index (κ1) is 17.6. The van der Waals surface area contributed by atoms with E-state index in [0.717, 1.165) is 12.8 Å². The van der Waals surface area contributed by atoms with E-state index in [9.17, 15) is 12.8 Å². The van der Waals surface area contributed by atoms with Crippen LogP contribution in [0.25, 0.3) is 0 Å². The monoisotopic (exact) mass is 365 g/mol. The molecule has 25 heavy (non-hydrogen) atoms.